The Morgan fingerprint density at radius 3 is 2.51 bits per heavy atom. The number of halogens is 5. The number of hydrogen-bond acceptors (Lipinski definition) is 7. The highest BCUT2D eigenvalue weighted by Crippen LogP contribution is 2.33. The van der Waals surface area contributed by atoms with Gasteiger partial charge in [-0.3, -0.25) is 9.59 Å². The lowest BCUT2D eigenvalue weighted by molar-refractivity contribution is -0.139. The van der Waals surface area contributed by atoms with Crippen LogP contribution in [0.2, 0.25) is 0 Å². The van der Waals surface area contributed by atoms with Crippen molar-refractivity contribution in [3.63, 3.8) is 0 Å². The highest BCUT2D eigenvalue weighted by Gasteiger charge is 2.34. The van der Waals surface area contributed by atoms with Gasteiger partial charge in [0.25, 0.3) is 11.8 Å². The molecule has 0 aliphatic carbocycles. The molecule has 0 aliphatic heterocycles. The van der Waals surface area contributed by atoms with E-state index in [1.54, 1.807) is 6.92 Å². The molecule has 8 nitrogen and oxygen atoms in total. The highest BCUT2D eigenvalue weighted by atomic mass is 32.1. The van der Waals surface area contributed by atoms with Crippen molar-refractivity contribution in [2.24, 2.45) is 0 Å². The molecule has 0 aliphatic rings. The Bertz CT molecular complexity index is 1480. The number of hydrogen-bond donors (Lipinski definition) is 2. The fraction of sp³-hybridized carbons (Fsp3) is 0.130. The number of carbonyl (C=O) groups is 2. The number of aromatic nitrogens is 4. The van der Waals surface area contributed by atoms with Crippen LogP contribution in [-0.2, 0) is 6.18 Å². The van der Waals surface area contributed by atoms with Gasteiger partial charge in [0.15, 0.2) is 0 Å². The molecule has 2 amide bonds. The summed E-state index contributed by atoms with van der Waals surface area (Å²) in [5.41, 5.74) is -1.57. The summed E-state index contributed by atoms with van der Waals surface area (Å²) in [6.07, 6.45) is -1.35. The predicted molar refractivity (Wildman–Crippen MR) is 123 cm³/mol. The van der Waals surface area contributed by atoms with Gasteiger partial charge in [-0.25, -0.2) is 24.3 Å². The summed E-state index contributed by atoms with van der Waals surface area (Å²) >= 11 is 0.896. The summed E-state index contributed by atoms with van der Waals surface area (Å²) in [5.74, 6) is -3.60. The van der Waals surface area contributed by atoms with Gasteiger partial charge < -0.3 is 10.6 Å². The number of rotatable bonds is 6. The minimum absolute atomic E-state index is 0.0466. The number of thiazole rings is 1. The van der Waals surface area contributed by atoms with E-state index in [4.69, 9.17) is 0 Å². The molecular formula is C23H15F5N6O2S. The van der Waals surface area contributed by atoms with Crippen LogP contribution in [0.1, 0.15) is 43.7 Å². The van der Waals surface area contributed by atoms with Crippen molar-refractivity contribution < 1.29 is 31.5 Å². The van der Waals surface area contributed by atoms with Crippen molar-refractivity contribution in [3.05, 3.63) is 88.0 Å². The molecule has 0 saturated heterocycles. The number of nitrogens with one attached hydrogen (secondary N) is 2. The van der Waals surface area contributed by atoms with Gasteiger partial charge in [-0.2, -0.15) is 17.6 Å². The van der Waals surface area contributed by atoms with Crippen LogP contribution in [0.15, 0.2) is 55.1 Å². The summed E-state index contributed by atoms with van der Waals surface area (Å²) in [6.45, 7) is 1.59. The molecule has 1 aromatic carbocycles. The Labute approximate surface area is 209 Å². The quantitative estimate of drug-likeness (QED) is 0.265. The third-order valence-corrected chi connectivity index (χ3v) is 6.11. The van der Waals surface area contributed by atoms with Gasteiger partial charge in [0.1, 0.15) is 27.7 Å². The number of benzene rings is 1. The van der Waals surface area contributed by atoms with E-state index in [1.165, 1.54) is 30.6 Å². The van der Waals surface area contributed by atoms with Gasteiger partial charge >= 0.3 is 6.18 Å². The van der Waals surface area contributed by atoms with E-state index in [-0.39, 0.29) is 27.5 Å². The molecule has 0 saturated carbocycles. The molecule has 2 N–H and O–H groups in total. The number of amides is 2. The zero-order valence-corrected chi connectivity index (χ0v) is 19.5. The average Bonchev–Trinajstić information content (AvgIpc) is 3.36. The Morgan fingerprint density at radius 2 is 1.78 bits per heavy atom. The van der Waals surface area contributed by atoms with Crippen LogP contribution < -0.4 is 10.6 Å². The molecule has 1 unspecified atom stereocenters. The standard InChI is InChI=1S/C23H15F5N6O2S/c1-11(33-20(35)17-8-16(31-10-32-17)13-3-2-6-29-19(13)25)22-30-9-18(37-22)21(36)34-12-4-5-15(24)14(7-12)23(26,27)28/h2-11H,1H3,(H,33,35)(H,34,36). The maximum Gasteiger partial charge on any atom is 0.419 e. The lowest BCUT2D eigenvalue weighted by atomic mass is 10.1. The van der Waals surface area contributed by atoms with Gasteiger partial charge in [-0.15, -0.1) is 11.3 Å². The molecule has 0 spiro atoms. The highest BCUT2D eigenvalue weighted by molar-refractivity contribution is 7.13. The summed E-state index contributed by atoms with van der Waals surface area (Å²) < 4.78 is 66.2. The van der Waals surface area contributed by atoms with Crippen molar-refractivity contribution in [1.29, 1.82) is 0 Å². The molecular weight excluding hydrogens is 519 g/mol. The van der Waals surface area contributed by atoms with Crippen molar-refractivity contribution in [2.75, 3.05) is 5.32 Å². The zero-order chi connectivity index (χ0) is 26.7. The van der Waals surface area contributed by atoms with Gasteiger partial charge in [0, 0.05) is 11.9 Å². The summed E-state index contributed by atoms with van der Waals surface area (Å²) in [6, 6.07) is 5.68. The van der Waals surface area contributed by atoms with Crippen LogP contribution in [0, 0.1) is 11.8 Å². The van der Waals surface area contributed by atoms with Crippen molar-refractivity contribution >= 4 is 28.8 Å². The van der Waals surface area contributed by atoms with E-state index in [1.807, 2.05) is 0 Å². The minimum Gasteiger partial charge on any atom is -0.342 e. The van der Waals surface area contributed by atoms with E-state index in [2.05, 4.69) is 30.6 Å². The van der Waals surface area contributed by atoms with E-state index >= 15 is 0 Å². The maximum atomic E-state index is 14.0. The Morgan fingerprint density at radius 1 is 1.00 bits per heavy atom. The van der Waals surface area contributed by atoms with Crippen LogP contribution in [0.4, 0.5) is 27.6 Å². The molecule has 37 heavy (non-hydrogen) atoms. The van der Waals surface area contributed by atoms with Gasteiger partial charge in [0.2, 0.25) is 5.95 Å². The van der Waals surface area contributed by atoms with Crippen LogP contribution >= 0.6 is 11.3 Å². The SMILES string of the molecule is CC(NC(=O)c1cc(-c2cccnc2F)ncn1)c1ncc(C(=O)Nc2ccc(F)c(C(F)(F)F)c2)s1. The normalized spacial score (nSPS) is 12.2. The van der Waals surface area contributed by atoms with Crippen molar-refractivity contribution in [1.82, 2.24) is 25.3 Å². The van der Waals surface area contributed by atoms with Crippen molar-refractivity contribution in [2.45, 2.75) is 19.1 Å². The number of pyridine rings is 1. The smallest absolute Gasteiger partial charge is 0.342 e. The Kier molecular flexibility index (Phi) is 7.20. The van der Waals surface area contributed by atoms with Crippen LogP contribution in [-0.4, -0.2) is 31.8 Å². The fourth-order valence-electron chi connectivity index (χ4n) is 3.14. The Hall–Kier alpha value is -4.33. The molecule has 3 heterocycles. The number of carbonyl (C=O) groups excluding carboxylic acids is 2. The van der Waals surface area contributed by atoms with E-state index < -0.39 is 41.4 Å². The third-order valence-electron chi connectivity index (χ3n) is 4.93. The summed E-state index contributed by atoms with van der Waals surface area (Å²) in [5, 5.41) is 5.24. The first-order chi connectivity index (χ1) is 17.5. The Balaban J connectivity index is 1.44. The van der Waals surface area contributed by atoms with E-state index in [0.717, 1.165) is 23.7 Å². The lowest BCUT2D eigenvalue weighted by Gasteiger charge is -2.11. The van der Waals surface area contributed by atoms with Crippen LogP contribution in [0.5, 0.6) is 0 Å². The molecule has 0 fully saturated rings. The monoisotopic (exact) mass is 534 g/mol. The first-order valence-corrected chi connectivity index (χ1v) is 11.2. The van der Waals surface area contributed by atoms with Crippen molar-refractivity contribution in [3.8, 4) is 11.3 Å². The lowest BCUT2D eigenvalue weighted by Crippen LogP contribution is -2.27. The zero-order valence-electron chi connectivity index (χ0n) is 18.7. The van der Waals surface area contributed by atoms with E-state index in [0.29, 0.717) is 17.1 Å². The first-order valence-electron chi connectivity index (χ1n) is 10.4. The van der Waals surface area contributed by atoms with Gasteiger partial charge in [-0.1, -0.05) is 0 Å². The van der Waals surface area contributed by atoms with Gasteiger partial charge in [-0.05, 0) is 43.3 Å². The minimum atomic E-state index is -4.92. The topological polar surface area (TPSA) is 110 Å². The predicted octanol–water partition coefficient (Wildman–Crippen LogP) is 5.04. The second-order valence-corrected chi connectivity index (χ2v) is 8.60. The largest absolute Gasteiger partial charge is 0.419 e. The first kappa shape index (κ1) is 25.8. The second-order valence-electron chi connectivity index (χ2n) is 7.53. The molecule has 0 bridgehead atoms. The molecule has 190 valence electrons. The second kappa shape index (κ2) is 10.3. The average molecular weight is 534 g/mol. The van der Waals surface area contributed by atoms with Gasteiger partial charge in [0.05, 0.1) is 29.1 Å². The third kappa shape index (κ3) is 5.91. The number of anilines is 1. The summed E-state index contributed by atoms with van der Waals surface area (Å²) in [7, 11) is 0. The molecule has 1 atom stereocenters. The number of alkyl halides is 3. The molecule has 4 rings (SSSR count). The molecule has 0 radical (unpaired) electrons. The fourth-order valence-corrected chi connectivity index (χ4v) is 3.96. The van der Waals surface area contributed by atoms with Crippen LogP contribution in [0.3, 0.4) is 0 Å². The maximum absolute atomic E-state index is 14.0. The molecule has 3 aromatic heterocycles. The molecule has 14 heteroatoms. The summed E-state index contributed by atoms with van der Waals surface area (Å²) in [4.78, 5) is 40.7. The van der Waals surface area contributed by atoms with E-state index in [9.17, 15) is 31.5 Å². The number of nitrogens with zero attached hydrogens (tertiary/aromatic N) is 4. The van der Waals surface area contributed by atoms with Crippen LogP contribution in [0.25, 0.3) is 11.3 Å². The molecule has 4 aromatic rings.